The lowest BCUT2D eigenvalue weighted by atomic mass is 9.63. The van der Waals surface area contributed by atoms with Crippen LogP contribution in [0.2, 0.25) is 0 Å². The maximum absolute atomic E-state index is 10.5. The Bertz CT molecular complexity index is 6070. The molecule has 0 N–H and O–H groups in total. The maximum atomic E-state index is 10.5. The van der Waals surface area contributed by atoms with Crippen LogP contribution in [-0.4, -0.2) is 14.1 Å². The van der Waals surface area contributed by atoms with Gasteiger partial charge in [0.25, 0.3) is 6.33 Å². The smallest absolute Gasteiger partial charge is 0.269 e. The van der Waals surface area contributed by atoms with Crippen molar-refractivity contribution in [3.05, 3.63) is 258 Å². The second kappa shape index (κ2) is 20.5. The Kier molecular flexibility index (Phi) is 8.02. The molecule has 0 atom stereocenters. The first-order valence-corrected chi connectivity index (χ1v) is 29.5. The molecule has 15 rings (SSSR count). The highest BCUT2D eigenvalue weighted by Gasteiger charge is 2.38. The first kappa shape index (κ1) is 34.8. The summed E-state index contributed by atoms with van der Waals surface area (Å²) >= 11 is 0. The lowest BCUT2D eigenvalue weighted by Crippen LogP contribution is -2.33. The van der Waals surface area contributed by atoms with E-state index in [4.69, 9.17) is 26.2 Å². The number of hydrogen-bond donors (Lipinski definition) is 0. The van der Waals surface area contributed by atoms with Gasteiger partial charge in [0, 0.05) is 53.2 Å². The molecule has 1 aliphatic carbocycles. The van der Waals surface area contributed by atoms with E-state index >= 15 is 0 Å². The van der Waals surface area contributed by atoms with Gasteiger partial charge >= 0.3 is 0 Å². The molecule has 10 aromatic carbocycles. The van der Waals surface area contributed by atoms with Crippen LogP contribution in [0.1, 0.15) is 149 Å². The maximum Gasteiger partial charge on any atom is 0.269 e. The Morgan fingerprint density at radius 2 is 1.15 bits per heavy atom. The van der Waals surface area contributed by atoms with Gasteiger partial charge in [0.05, 0.1) is 37.6 Å². The number of para-hydroxylation sites is 1. The van der Waals surface area contributed by atoms with E-state index in [-0.39, 0.29) is 61.0 Å². The zero-order valence-electron chi connectivity index (χ0n) is 74.7. The minimum Gasteiger partial charge on any atom is -0.458 e. The highest BCUT2D eigenvalue weighted by Crippen LogP contribution is 2.51. The lowest BCUT2D eigenvalue weighted by molar-refractivity contribution is -0.570. The van der Waals surface area contributed by atoms with Gasteiger partial charge in [-0.15, -0.1) is 0 Å². The van der Waals surface area contributed by atoms with Gasteiger partial charge in [0.2, 0.25) is 0 Å². The van der Waals surface area contributed by atoms with Crippen molar-refractivity contribution >= 4 is 32.8 Å². The molecule has 4 heterocycles. The number of rotatable bonds is 7. The van der Waals surface area contributed by atoms with Gasteiger partial charge < -0.3 is 4.74 Å². The average Bonchev–Trinajstić information content (AvgIpc) is 0.778. The summed E-state index contributed by atoms with van der Waals surface area (Å²) in [5.41, 5.74) is -5.76. The summed E-state index contributed by atoms with van der Waals surface area (Å²) in [5, 5.41) is 1.87. The monoisotopic (exact) mass is 1180 g/mol. The number of benzene rings is 10. The largest absolute Gasteiger partial charge is 0.458 e. The molecule has 0 unspecified atom stereocenters. The normalized spacial score (nSPS) is 20.3. The quantitative estimate of drug-likeness (QED) is 0.118. The standard InChI is InChI=1S/C84H76N4O/c1-52-21-19-22-53(2)78(52)57-44-69(54-31-34-58(35-32-54)81(3,4)5)79-70(45-57)65-27-15-13-25-63(65)64-26-14-16-28-66(64)71-43-56(55-33-38-72-73(46-55)84(11,12)41-40-83(72,9)10)47-76-80(71)87(79)51-86(76)60-23-20-24-61(49-60)89-62-36-37-68-67-29-17-18-30-74(67)88(75(68)50-62)77-48-59(39-42-85-77)82(6,7)8/h13-39,42-50H,40-41H2,1-12H3/i1D3,2D3,9D3,10D3,11D3,12D3,33D,38D,40D2,41D2,46D. The Morgan fingerprint density at radius 3 is 1.85 bits per heavy atom. The third-order valence-electron chi connectivity index (χ3n) is 17.3. The zero-order valence-corrected chi connectivity index (χ0v) is 49.7. The van der Waals surface area contributed by atoms with E-state index in [0.717, 1.165) is 32.9 Å². The number of imidazole rings is 1. The molecule has 89 heavy (non-hydrogen) atoms. The van der Waals surface area contributed by atoms with Crippen molar-refractivity contribution in [3.8, 4) is 95.5 Å². The second-order valence-electron chi connectivity index (χ2n) is 25.3. The lowest BCUT2D eigenvalue weighted by Gasteiger charge is -2.42. The zero-order chi connectivity index (χ0) is 82.7. The van der Waals surface area contributed by atoms with E-state index in [1.807, 2.05) is 97.1 Å². The van der Waals surface area contributed by atoms with Crippen molar-refractivity contribution in [2.45, 2.75) is 117 Å². The molecule has 0 saturated carbocycles. The molecule has 2 aliphatic rings. The fourth-order valence-corrected chi connectivity index (χ4v) is 12.8. The molecule has 0 radical (unpaired) electrons. The second-order valence-corrected chi connectivity index (χ2v) is 25.3. The van der Waals surface area contributed by atoms with Crippen molar-refractivity contribution in [3.63, 3.8) is 0 Å². The molecule has 0 spiro atoms. The number of fused-ring (bicyclic) bond motifs is 11. The average molecular weight is 1180 g/mol. The van der Waals surface area contributed by atoms with E-state index in [1.165, 1.54) is 30.3 Å². The Balaban J connectivity index is 1.11. The van der Waals surface area contributed by atoms with Crippen molar-refractivity contribution in [1.82, 2.24) is 14.1 Å². The van der Waals surface area contributed by atoms with E-state index in [2.05, 4.69) is 58.5 Å². The fraction of sp³-hybridized carbons (Fsp3) is 0.214. The topological polar surface area (TPSA) is 35.9 Å². The molecular formula is C84H76N4O. The van der Waals surface area contributed by atoms with Crippen LogP contribution in [-0.2, 0) is 21.7 Å². The van der Waals surface area contributed by atoms with Crippen molar-refractivity contribution in [2.24, 2.45) is 0 Å². The van der Waals surface area contributed by atoms with Crippen molar-refractivity contribution in [1.29, 1.82) is 0 Å². The molecule has 3 aromatic heterocycles. The summed E-state index contributed by atoms with van der Waals surface area (Å²) in [6.07, 6.45) is -3.71. The fourth-order valence-electron chi connectivity index (χ4n) is 12.8. The number of pyridine rings is 1. The van der Waals surface area contributed by atoms with Gasteiger partial charge in [-0.2, -0.15) is 0 Å². The third kappa shape index (κ3) is 9.43. The van der Waals surface area contributed by atoms with E-state index < -0.39 is 99.5 Å². The Labute approximate surface area is 559 Å². The van der Waals surface area contributed by atoms with Crippen molar-refractivity contribution < 1.29 is 43.6 Å². The highest BCUT2D eigenvalue weighted by atomic mass is 16.5. The number of nitrogens with zero attached hydrogens (tertiary/aromatic N) is 4. The Morgan fingerprint density at radius 1 is 0.517 bits per heavy atom. The van der Waals surface area contributed by atoms with Crippen LogP contribution in [0.4, 0.5) is 0 Å². The summed E-state index contributed by atoms with van der Waals surface area (Å²) in [7, 11) is 0. The van der Waals surface area contributed by atoms with Crippen LogP contribution in [0, 0.1) is 20.0 Å². The van der Waals surface area contributed by atoms with Gasteiger partial charge in [-0.05, 0) is 215 Å². The summed E-state index contributed by atoms with van der Waals surface area (Å²) in [6, 6.07) is 53.3. The summed E-state index contributed by atoms with van der Waals surface area (Å²) in [6.45, 7) is -10.5. The van der Waals surface area contributed by atoms with E-state index in [9.17, 15) is 17.8 Å². The molecule has 0 fully saturated rings. The van der Waals surface area contributed by atoms with Gasteiger partial charge in [0.15, 0.2) is 0 Å². The summed E-state index contributed by atoms with van der Waals surface area (Å²) < 4.78 is 245. The molecule has 5 heteroatoms. The van der Waals surface area contributed by atoms with Gasteiger partial charge in [-0.3, -0.25) is 13.7 Å². The molecule has 13 aromatic rings. The number of aryl methyl sites for hydroxylation is 2. The molecule has 0 saturated heterocycles. The SMILES string of the molecule is [2H]c1c([2H])c2c(c([2H])c1-c1cc3c4c(c1)n(-c1cccc(Oc5ccc6c7ccccc7n(-c7cc(C(C)(C)C)ccn7)c6c5)c1)[c-][n+]4-c1c(-c4ccc(C(C)(C)C)cc4)cc(-c4c(C([2H])([2H])[2H])cccc4C([2H])([2H])[2H])cc1-c1ccccc1-c1ccccc1-3)C(C([2H])([2H])[2H])(C([2H])([2H])[2H])C([2H])([2H])C([2H])([2H])C2(C([2H])([2H])[2H])C([2H])([2H])[2H]. The predicted octanol–water partition coefficient (Wildman–Crippen LogP) is 21.9. The molecule has 1 aliphatic heterocycles. The first-order chi connectivity index (χ1) is 52.9. The third-order valence-corrected chi connectivity index (χ3v) is 17.3. The number of ether oxygens (including phenoxy) is 1. The molecule has 438 valence electrons. The Hall–Kier alpha value is -9.58. The molecular weight excluding hydrogens is 1080 g/mol. The minimum absolute atomic E-state index is 0.0624. The summed E-state index contributed by atoms with van der Waals surface area (Å²) in [4.78, 5) is 4.88. The van der Waals surface area contributed by atoms with Gasteiger partial charge in [-0.1, -0.05) is 208 Å². The van der Waals surface area contributed by atoms with Crippen LogP contribution < -0.4 is 9.30 Å². The summed E-state index contributed by atoms with van der Waals surface area (Å²) in [5.74, 6) is 1.34. The number of aromatic nitrogens is 4. The van der Waals surface area contributed by atoms with E-state index in [1.54, 1.807) is 76.0 Å². The van der Waals surface area contributed by atoms with Crippen LogP contribution in [0.3, 0.4) is 0 Å². The molecule has 5 nitrogen and oxygen atoms in total. The van der Waals surface area contributed by atoms with Crippen molar-refractivity contribution in [2.75, 3.05) is 0 Å². The first-order valence-electron chi connectivity index (χ1n) is 42.0. The van der Waals surface area contributed by atoms with Crippen LogP contribution in [0.15, 0.2) is 218 Å². The van der Waals surface area contributed by atoms with Crippen LogP contribution >= 0.6 is 0 Å². The number of hydrogen-bond acceptors (Lipinski definition) is 2. The van der Waals surface area contributed by atoms with E-state index in [0.29, 0.717) is 61.9 Å². The molecule has 0 bridgehead atoms. The van der Waals surface area contributed by atoms with Gasteiger partial charge in [0.1, 0.15) is 17.3 Å². The molecule has 0 amide bonds. The predicted molar refractivity (Wildman–Crippen MR) is 371 cm³/mol. The van der Waals surface area contributed by atoms with Gasteiger partial charge in [-0.25, -0.2) is 4.98 Å². The van der Waals surface area contributed by atoms with Crippen LogP contribution in [0.25, 0.3) is 117 Å². The van der Waals surface area contributed by atoms with Crippen LogP contribution in [0.5, 0.6) is 11.5 Å². The minimum atomic E-state index is -4.60. The highest BCUT2D eigenvalue weighted by molar-refractivity contribution is 6.10.